The normalized spacial score (nSPS) is 11.7. The number of aryl methyl sites for hydroxylation is 3. The number of imidazole rings is 3. The van der Waals surface area contributed by atoms with E-state index in [4.69, 9.17) is 5.73 Å². The first-order valence-corrected chi connectivity index (χ1v) is 27.8. The van der Waals surface area contributed by atoms with Gasteiger partial charge >= 0.3 is 0 Å². The van der Waals surface area contributed by atoms with Gasteiger partial charge in [0.05, 0.1) is 41.3 Å². The molecule has 6 heterocycles. The van der Waals surface area contributed by atoms with Crippen LogP contribution in [-0.2, 0) is 62.8 Å². The van der Waals surface area contributed by atoms with Gasteiger partial charge < -0.3 is 38.0 Å². The van der Waals surface area contributed by atoms with Crippen LogP contribution in [0, 0.1) is 0 Å². The molecule has 0 aromatic carbocycles. The van der Waals surface area contributed by atoms with Gasteiger partial charge in [-0.15, -0.1) is 0 Å². The molecule has 6 rings (SSSR count). The number of unbranched alkanes of at least 4 members (excludes halogenated alkanes) is 1. The highest BCUT2D eigenvalue weighted by molar-refractivity contribution is 5.99. The standard InChI is InChI=1S/C60H81N11O8/c1-39(2)69-25-22-62-58(69)55(77)29-42-26-50(67(9)34-42)53(75)19-13-16-47(72)33-46-38-71(41(5)6)60(64-46)57(79)31-44-28-51(68(10)36-44)54(76)20-14-17-48(73)32-45-37-70(40(3)4)59(63-45)56(78)30-43-27-49(66(8)35-43)52(74)18-11-12-23-65(7)24-15-21-61/h22,25-28,34-41H,11-21,23-24,29-33,61H2,1-10H3. The van der Waals surface area contributed by atoms with Crippen LogP contribution in [0.5, 0.6) is 0 Å². The molecule has 0 aliphatic rings. The van der Waals surface area contributed by atoms with Crippen molar-refractivity contribution >= 4 is 46.3 Å². The van der Waals surface area contributed by atoms with Crippen molar-refractivity contribution < 1.29 is 38.4 Å². The number of hydrogen-bond donors (Lipinski definition) is 1. The van der Waals surface area contributed by atoms with E-state index >= 15 is 0 Å². The van der Waals surface area contributed by atoms with Gasteiger partial charge in [-0.05, 0) is 135 Å². The average Bonchev–Trinajstić information content (AvgIpc) is 4.26. The molecule has 6 aromatic rings. The predicted molar refractivity (Wildman–Crippen MR) is 301 cm³/mol. The minimum absolute atomic E-state index is 0.00189. The highest BCUT2D eigenvalue weighted by Gasteiger charge is 2.25. The van der Waals surface area contributed by atoms with E-state index in [0.29, 0.717) is 76.8 Å². The molecular weight excluding hydrogens is 1000 g/mol. The maximum atomic E-state index is 13.8. The Kier molecular flexibility index (Phi) is 21.7. The first kappa shape index (κ1) is 61.0. The summed E-state index contributed by atoms with van der Waals surface area (Å²) in [5.74, 6) is -0.273. The van der Waals surface area contributed by atoms with Gasteiger partial charge in [-0.1, -0.05) is 0 Å². The molecule has 0 unspecified atom stereocenters. The first-order valence-electron chi connectivity index (χ1n) is 27.8. The topological polar surface area (TPSA) is 234 Å². The van der Waals surface area contributed by atoms with E-state index in [0.717, 1.165) is 32.4 Å². The Morgan fingerprint density at radius 1 is 0.468 bits per heavy atom. The Hall–Kier alpha value is -7.25. The highest BCUT2D eigenvalue weighted by Crippen LogP contribution is 2.22. The summed E-state index contributed by atoms with van der Waals surface area (Å²) in [5.41, 5.74) is 10.0. The third-order valence-electron chi connectivity index (χ3n) is 14.2. The van der Waals surface area contributed by atoms with Crippen LogP contribution in [0.4, 0.5) is 0 Å². The smallest absolute Gasteiger partial charge is 0.202 e. The second-order valence-corrected chi connectivity index (χ2v) is 22.0. The predicted octanol–water partition coefficient (Wildman–Crippen LogP) is 8.27. The number of nitrogens with two attached hydrogens (primary N) is 1. The Labute approximate surface area is 464 Å². The fourth-order valence-electron chi connectivity index (χ4n) is 10.0. The van der Waals surface area contributed by atoms with Crippen molar-refractivity contribution in [3.05, 3.63) is 124 Å². The Bertz CT molecular complexity index is 3150. The zero-order valence-electron chi connectivity index (χ0n) is 48.0. The first-order chi connectivity index (χ1) is 37.5. The summed E-state index contributed by atoms with van der Waals surface area (Å²) in [5, 5.41) is 0. The second-order valence-electron chi connectivity index (χ2n) is 22.0. The van der Waals surface area contributed by atoms with Crippen molar-refractivity contribution in [3.63, 3.8) is 0 Å². The molecule has 0 fully saturated rings. The zero-order valence-corrected chi connectivity index (χ0v) is 48.0. The average molecular weight is 1080 g/mol. The zero-order chi connectivity index (χ0) is 57.7. The molecular formula is C60H81N11O8. The molecule has 0 saturated heterocycles. The largest absolute Gasteiger partial charge is 0.348 e. The lowest BCUT2D eigenvalue weighted by Crippen LogP contribution is -2.23. The van der Waals surface area contributed by atoms with E-state index in [9.17, 15) is 38.4 Å². The number of rotatable bonds is 35. The highest BCUT2D eigenvalue weighted by atomic mass is 16.2. The molecule has 0 saturated carbocycles. The molecule has 0 bridgehead atoms. The third kappa shape index (κ3) is 16.6. The van der Waals surface area contributed by atoms with Crippen LogP contribution in [0.15, 0.2) is 61.6 Å². The lowest BCUT2D eigenvalue weighted by atomic mass is 10.1. The number of nitrogens with zero attached hydrogens (tertiary/aromatic N) is 10. The van der Waals surface area contributed by atoms with E-state index in [2.05, 4.69) is 26.9 Å². The fraction of sp³-hybridized carbons (Fsp3) is 0.517. The van der Waals surface area contributed by atoms with Gasteiger partial charge in [0, 0.05) is 134 Å². The molecule has 0 aliphatic carbocycles. The van der Waals surface area contributed by atoms with Crippen molar-refractivity contribution in [1.29, 1.82) is 0 Å². The molecule has 2 N–H and O–H groups in total. The molecule has 19 heteroatoms. The van der Waals surface area contributed by atoms with Crippen molar-refractivity contribution in [3.8, 4) is 0 Å². The van der Waals surface area contributed by atoms with Gasteiger partial charge in [0.1, 0.15) is 11.6 Å². The van der Waals surface area contributed by atoms with Gasteiger partial charge in [-0.2, -0.15) is 0 Å². The summed E-state index contributed by atoms with van der Waals surface area (Å²) in [4.78, 5) is 122. The van der Waals surface area contributed by atoms with Gasteiger partial charge in [0.2, 0.25) is 17.3 Å². The molecule has 424 valence electrons. The van der Waals surface area contributed by atoms with Crippen molar-refractivity contribution in [2.24, 2.45) is 26.9 Å². The lowest BCUT2D eigenvalue weighted by molar-refractivity contribution is -0.119. The lowest BCUT2D eigenvalue weighted by Gasteiger charge is -2.15. The van der Waals surface area contributed by atoms with Crippen molar-refractivity contribution in [2.45, 2.75) is 156 Å². The molecule has 6 aromatic heterocycles. The summed E-state index contributed by atoms with van der Waals surface area (Å²) in [6.45, 7) is 14.2. The molecule has 0 amide bonds. The molecule has 0 atom stereocenters. The number of carbonyl (C=O) groups is 8. The number of ketones is 8. The molecule has 0 radical (unpaired) electrons. The van der Waals surface area contributed by atoms with E-state index in [-0.39, 0.29) is 134 Å². The molecule has 0 spiro atoms. The van der Waals surface area contributed by atoms with Crippen LogP contribution in [0.1, 0.15) is 215 Å². The van der Waals surface area contributed by atoms with Gasteiger partial charge in [0.25, 0.3) is 0 Å². The molecule has 0 aliphatic heterocycles. The van der Waals surface area contributed by atoms with Gasteiger partial charge in [-0.25, -0.2) is 15.0 Å². The minimum atomic E-state index is -0.271. The summed E-state index contributed by atoms with van der Waals surface area (Å²) in [6.07, 6.45) is 16.5. The van der Waals surface area contributed by atoms with E-state index in [1.807, 2.05) is 53.2 Å². The monoisotopic (exact) mass is 1080 g/mol. The SMILES string of the molecule is CC(C)n1ccnc1C(=O)Cc1cc(C(=O)CCCC(=O)Cc2cn(C(C)C)c(C(=O)Cc3cc(C(=O)CCCC(=O)Cc4cn(C(C)C)c(C(=O)Cc5cc(C(=O)CCCCN(C)CCCN)n(C)c5)n4)n(C)c3)n2)n(C)c1. The number of aromatic nitrogens is 9. The van der Waals surface area contributed by atoms with Crippen LogP contribution in [0.3, 0.4) is 0 Å². The van der Waals surface area contributed by atoms with Crippen LogP contribution in [-0.4, -0.2) is 120 Å². The minimum Gasteiger partial charge on any atom is -0.348 e. The number of carbonyl (C=O) groups excluding carboxylic acids is 8. The maximum absolute atomic E-state index is 13.8. The number of hydrogen-bond acceptors (Lipinski definition) is 13. The van der Waals surface area contributed by atoms with Gasteiger partial charge in [0.15, 0.2) is 34.8 Å². The fourth-order valence-corrected chi connectivity index (χ4v) is 10.0. The third-order valence-corrected chi connectivity index (χ3v) is 14.2. The van der Waals surface area contributed by atoms with Crippen LogP contribution >= 0.6 is 0 Å². The molecule has 19 nitrogen and oxygen atoms in total. The van der Waals surface area contributed by atoms with E-state index in [1.54, 1.807) is 98.5 Å². The molecule has 79 heavy (non-hydrogen) atoms. The Balaban J connectivity index is 0.949. The summed E-state index contributed by atoms with van der Waals surface area (Å²) < 4.78 is 10.5. The Morgan fingerprint density at radius 2 is 0.848 bits per heavy atom. The van der Waals surface area contributed by atoms with Crippen molar-refractivity contribution in [1.82, 2.24) is 47.3 Å². The summed E-state index contributed by atoms with van der Waals surface area (Å²) >= 11 is 0. The van der Waals surface area contributed by atoms with E-state index in [1.165, 1.54) is 0 Å². The van der Waals surface area contributed by atoms with Crippen LogP contribution in [0.2, 0.25) is 0 Å². The van der Waals surface area contributed by atoms with Crippen molar-refractivity contribution in [2.75, 3.05) is 26.7 Å². The summed E-state index contributed by atoms with van der Waals surface area (Å²) in [7, 11) is 7.36. The van der Waals surface area contributed by atoms with Crippen LogP contribution < -0.4 is 5.73 Å². The maximum Gasteiger partial charge on any atom is 0.202 e. The van der Waals surface area contributed by atoms with E-state index < -0.39 is 0 Å². The quantitative estimate of drug-likeness (QED) is 0.0292. The van der Waals surface area contributed by atoms with Gasteiger partial charge in [-0.3, -0.25) is 38.4 Å². The van der Waals surface area contributed by atoms with Crippen LogP contribution in [0.25, 0.3) is 0 Å². The number of Topliss-reactive ketones (excluding diaryl/α,β-unsaturated/α-hetero) is 8. The Morgan fingerprint density at radius 3 is 1.24 bits per heavy atom. The summed E-state index contributed by atoms with van der Waals surface area (Å²) in [6, 6.07) is 5.06. The second kappa shape index (κ2) is 28.1.